The number of ether oxygens (including phenoxy) is 1. The highest BCUT2D eigenvalue weighted by molar-refractivity contribution is 5.85. The molecular formula is C12H14F2N2O2. The van der Waals surface area contributed by atoms with Gasteiger partial charge in [-0.1, -0.05) is 6.07 Å². The van der Waals surface area contributed by atoms with E-state index in [2.05, 4.69) is 0 Å². The summed E-state index contributed by atoms with van der Waals surface area (Å²) in [5.74, 6) is -3.00. The molecule has 4 N–H and O–H groups in total. The van der Waals surface area contributed by atoms with Crippen LogP contribution in [0.3, 0.4) is 0 Å². The van der Waals surface area contributed by atoms with Crippen LogP contribution in [0.1, 0.15) is 12.8 Å². The van der Waals surface area contributed by atoms with Gasteiger partial charge in [0.05, 0.1) is 0 Å². The molecule has 1 unspecified atom stereocenters. The molecule has 0 heterocycles. The molecule has 98 valence electrons. The van der Waals surface area contributed by atoms with Crippen molar-refractivity contribution in [2.45, 2.75) is 18.4 Å². The molecule has 1 fully saturated rings. The summed E-state index contributed by atoms with van der Waals surface area (Å²) in [5, 5.41) is 0. The Balaban J connectivity index is 2.13. The molecule has 1 amide bonds. The fourth-order valence-electron chi connectivity index (χ4n) is 1.80. The first-order valence-corrected chi connectivity index (χ1v) is 5.60. The number of para-hydroxylation sites is 1. The maximum Gasteiger partial charge on any atom is 0.241 e. The Labute approximate surface area is 103 Å². The normalized spacial score (nSPS) is 18.2. The molecule has 1 atom stereocenters. The van der Waals surface area contributed by atoms with E-state index in [4.69, 9.17) is 16.2 Å². The molecule has 1 aliphatic carbocycles. The van der Waals surface area contributed by atoms with Gasteiger partial charge < -0.3 is 16.2 Å². The summed E-state index contributed by atoms with van der Waals surface area (Å²) < 4.78 is 31.7. The summed E-state index contributed by atoms with van der Waals surface area (Å²) in [6, 6.07) is 3.36. The molecule has 18 heavy (non-hydrogen) atoms. The molecule has 0 aromatic heterocycles. The van der Waals surface area contributed by atoms with Crippen LogP contribution in [0, 0.1) is 17.6 Å². The van der Waals surface area contributed by atoms with Gasteiger partial charge in [0.2, 0.25) is 5.91 Å². The average Bonchev–Trinajstić information content (AvgIpc) is 3.11. The Morgan fingerprint density at radius 1 is 1.39 bits per heavy atom. The van der Waals surface area contributed by atoms with Crippen molar-refractivity contribution in [2.24, 2.45) is 17.4 Å². The van der Waals surface area contributed by atoms with Crippen molar-refractivity contribution >= 4 is 5.91 Å². The first-order chi connectivity index (χ1) is 8.45. The van der Waals surface area contributed by atoms with Crippen LogP contribution in [-0.4, -0.2) is 18.1 Å². The van der Waals surface area contributed by atoms with Crippen LogP contribution in [0.4, 0.5) is 8.78 Å². The van der Waals surface area contributed by atoms with Gasteiger partial charge in [0, 0.05) is 0 Å². The number of carbonyl (C=O) groups is 1. The van der Waals surface area contributed by atoms with Crippen LogP contribution < -0.4 is 16.2 Å². The highest BCUT2D eigenvalue weighted by Gasteiger charge is 2.47. The Morgan fingerprint density at radius 2 is 1.94 bits per heavy atom. The summed E-state index contributed by atoms with van der Waals surface area (Å²) in [7, 11) is 0. The van der Waals surface area contributed by atoms with E-state index in [1.54, 1.807) is 0 Å². The number of rotatable bonds is 5. The van der Waals surface area contributed by atoms with Crippen LogP contribution in [0.15, 0.2) is 18.2 Å². The number of halogens is 2. The minimum absolute atomic E-state index is 0.0789. The lowest BCUT2D eigenvalue weighted by Crippen LogP contribution is -2.58. The van der Waals surface area contributed by atoms with E-state index in [1.807, 2.05) is 0 Å². The maximum atomic E-state index is 13.3. The Kier molecular flexibility index (Phi) is 3.21. The van der Waals surface area contributed by atoms with Crippen molar-refractivity contribution in [1.29, 1.82) is 0 Å². The van der Waals surface area contributed by atoms with E-state index >= 15 is 0 Å². The van der Waals surface area contributed by atoms with Crippen molar-refractivity contribution in [3.8, 4) is 5.75 Å². The molecule has 0 aliphatic heterocycles. The lowest BCUT2D eigenvalue weighted by molar-refractivity contribution is -0.125. The number of primary amides is 1. The van der Waals surface area contributed by atoms with Crippen molar-refractivity contribution in [1.82, 2.24) is 0 Å². The smallest absolute Gasteiger partial charge is 0.241 e. The topological polar surface area (TPSA) is 78.3 Å². The van der Waals surface area contributed by atoms with Crippen LogP contribution >= 0.6 is 0 Å². The van der Waals surface area contributed by atoms with Gasteiger partial charge in [0.15, 0.2) is 17.4 Å². The highest BCUT2D eigenvalue weighted by atomic mass is 19.1. The SMILES string of the molecule is NC(=O)C(N)(COc1c(F)cccc1F)C1CC1. The van der Waals surface area contributed by atoms with Gasteiger partial charge in [-0.25, -0.2) is 8.78 Å². The number of hydrogen-bond donors (Lipinski definition) is 2. The summed E-state index contributed by atoms with van der Waals surface area (Å²) in [5.41, 5.74) is 9.70. The lowest BCUT2D eigenvalue weighted by atomic mass is 9.95. The lowest BCUT2D eigenvalue weighted by Gasteiger charge is -2.25. The second kappa shape index (κ2) is 4.53. The fraction of sp³-hybridized carbons (Fsp3) is 0.417. The van der Waals surface area contributed by atoms with Crippen LogP contribution in [-0.2, 0) is 4.79 Å². The zero-order valence-corrected chi connectivity index (χ0v) is 9.66. The molecule has 1 saturated carbocycles. The van der Waals surface area contributed by atoms with Crippen molar-refractivity contribution < 1.29 is 18.3 Å². The third-order valence-electron chi connectivity index (χ3n) is 3.14. The van der Waals surface area contributed by atoms with E-state index < -0.39 is 28.8 Å². The Bertz CT molecular complexity index is 457. The van der Waals surface area contributed by atoms with Gasteiger partial charge in [-0.15, -0.1) is 0 Å². The van der Waals surface area contributed by atoms with Gasteiger partial charge in [0.1, 0.15) is 12.1 Å². The minimum atomic E-state index is -1.37. The first-order valence-electron chi connectivity index (χ1n) is 5.60. The molecule has 2 rings (SSSR count). The quantitative estimate of drug-likeness (QED) is 0.822. The highest BCUT2D eigenvalue weighted by Crippen LogP contribution is 2.38. The number of carbonyl (C=O) groups excluding carboxylic acids is 1. The van der Waals surface area contributed by atoms with Gasteiger partial charge in [0.25, 0.3) is 0 Å². The second-order valence-electron chi connectivity index (χ2n) is 4.52. The first kappa shape index (κ1) is 12.8. The molecule has 1 aromatic rings. The molecule has 0 bridgehead atoms. The molecule has 0 radical (unpaired) electrons. The molecule has 0 saturated heterocycles. The van der Waals surface area contributed by atoms with E-state index in [-0.39, 0.29) is 12.5 Å². The predicted octanol–water partition coefficient (Wildman–Crippen LogP) is 0.936. The third-order valence-corrected chi connectivity index (χ3v) is 3.14. The summed E-state index contributed by atoms with van der Waals surface area (Å²) in [6.45, 7) is -0.329. The predicted molar refractivity (Wildman–Crippen MR) is 60.7 cm³/mol. The Hall–Kier alpha value is -1.69. The molecular weight excluding hydrogens is 242 g/mol. The fourth-order valence-corrected chi connectivity index (χ4v) is 1.80. The van der Waals surface area contributed by atoms with Crippen molar-refractivity contribution in [3.05, 3.63) is 29.8 Å². The minimum Gasteiger partial charge on any atom is -0.485 e. The standard InChI is InChI=1S/C12H14F2N2O2/c13-8-2-1-3-9(14)10(8)18-6-12(16,11(15)17)7-4-5-7/h1-3,7H,4-6,16H2,(H2,15,17). The largest absolute Gasteiger partial charge is 0.485 e. The number of nitrogens with two attached hydrogens (primary N) is 2. The van der Waals surface area contributed by atoms with E-state index in [0.29, 0.717) is 0 Å². The van der Waals surface area contributed by atoms with Gasteiger partial charge >= 0.3 is 0 Å². The number of benzene rings is 1. The molecule has 1 aliphatic rings. The van der Waals surface area contributed by atoms with Crippen molar-refractivity contribution in [2.75, 3.05) is 6.61 Å². The second-order valence-corrected chi connectivity index (χ2v) is 4.52. The zero-order valence-electron chi connectivity index (χ0n) is 9.66. The third kappa shape index (κ3) is 2.28. The van der Waals surface area contributed by atoms with Crippen LogP contribution in [0.25, 0.3) is 0 Å². The summed E-state index contributed by atoms with van der Waals surface area (Å²) >= 11 is 0. The molecule has 6 heteroatoms. The summed E-state index contributed by atoms with van der Waals surface area (Å²) in [6.07, 6.45) is 1.53. The van der Waals surface area contributed by atoms with Crippen LogP contribution in [0.5, 0.6) is 5.75 Å². The monoisotopic (exact) mass is 256 g/mol. The molecule has 1 aromatic carbocycles. The van der Waals surface area contributed by atoms with Crippen molar-refractivity contribution in [3.63, 3.8) is 0 Å². The Morgan fingerprint density at radius 3 is 2.39 bits per heavy atom. The molecule has 0 spiro atoms. The van der Waals surface area contributed by atoms with E-state index in [9.17, 15) is 13.6 Å². The molecule has 4 nitrogen and oxygen atoms in total. The zero-order chi connectivity index (χ0) is 13.3. The van der Waals surface area contributed by atoms with Crippen LogP contribution in [0.2, 0.25) is 0 Å². The van der Waals surface area contributed by atoms with Gasteiger partial charge in [-0.2, -0.15) is 0 Å². The van der Waals surface area contributed by atoms with Gasteiger partial charge in [-0.05, 0) is 30.9 Å². The maximum absolute atomic E-state index is 13.3. The number of hydrogen-bond acceptors (Lipinski definition) is 3. The average molecular weight is 256 g/mol. The summed E-state index contributed by atoms with van der Waals surface area (Å²) in [4.78, 5) is 11.3. The number of amides is 1. The van der Waals surface area contributed by atoms with E-state index in [1.165, 1.54) is 6.07 Å². The van der Waals surface area contributed by atoms with Gasteiger partial charge in [-0.3, -0.25) is 4.79 Å². The van der Waals surface area contributed by atoms with E-state index in [0.717, 1.165) is 25.0 Å².